The van der Waals surface area contributed by atoms with Crippen molar-refractivity contribution < 1.29 is 17.9 Å². The van der Waals surface area contributed by atoms with Crippen LogP contribution in [0.25, 0.3) is 0 Å². The highest BCUT2D eigenvalue weighted by atomic mass is 32.2. The van der Waals surface area contributed by atoms with Crippen LogP contribution in [-0.4, -0.2) is 51.3 Å². The molecule has 1 saturated heterocycles. The molecule has 0 aromatic heterocycles. The molecule has 1 aromatic carbocycles. The zero-order chi connectivity index (χ0) is 16.2. The van der Waals surface area contributed by atoms with E-state index in [0.29, 0.717) is 24.5 Å². The highest BCUT2D eigenvalue weighted by molar-refractivity contribution is 7.88. The molecule has 7 nitrogen and oxygen atoms in total. The van der Waals surface area contributed by atoms with Crippen molar-refractivity contribution in [1.29, 1.82) is 0 Å². The van der Waals surface area contributed by atoms with E-state index < -0.39 is 10.0 Å². The number of piperidine rings is 1. The van der Waals surface area contributed by atoms with E-state index >= 15 is 0 Å². The van der Waals surface area contributed by atoms with Crippen LogP contribution in [0.3, 0.4) is 0 Å². The molecule has 22 heavy (non-hydrogen) atoms. The van der Waals surface area contributed by atoms with Crippen molar-refractivity contribution in [3.8, 4) is 5.75 Å². The van der Waals surface area contributed by atoms with E-state index in [1.807, 2.05) is 0 Å². The summed E-state index contributed by atoms with van der Waals surface area (Å²) in [5, 5.41) is 5.53. The van der Waals surface area contributed by atoms with Gasteiger partial charge in [0.1, 0.15) is 5.75 Å². The predicted octanol–water partition coefficient (Wildman–Crippen LogP) is 1.24. The monoisotopic (exact) mass is 327 g/mol. The third-order valence-electron chi connectivity index (χ3n) is 3.54. The zero-order valence-corrected chi connectivity index (χ0v) is 13.5. The van der Waals surface area contributed by atoms with Crippen molar-refractivity contribution >= 4 is 21.7 Å². The molecule has 0 bridgehead atoms. The Bertz CT molecular complexity index is 615. The van der Waals surface area contributed by atoms with Crippen LogP contribution in [0.2, 0.25) is 0 Å². The summed E-state index contributed by atoms with van der Waals surface area (Å²) in [4.78, 5) is 12.0. The van der Waals surface area contributed by atoms with E-state index in [4.69, 9.17) is 4.74 Å². The highest BCUT2D eigenvalue weighted by Gasteiger charge is 2.26. The Balaban J connectivity index is 1.88. The molecule has 1 heterocycles. The molecule has 1 aliphatic heterocycles. The standard InChI is InChI=1S/C14H21N3O4S/c1-21-13-7-5-11(6-8-13)15-14(18)16-12-4-3-9-17(10-12)22(2,19)20/h5-8,12H,3-4,9-10H2,1-2H3,(H2,15,16,18)/t12-/m1/s1. The fraction of sp³-hybridized carbons (Fsp3) is 0.500. The molecule has 8 heteroatoms. The number of methoxy groups -OCH3 is 1. The summed E-state index contributed by atoms with van der Waals surface area (Å²) in [5.41, 5.74) is 0.647. The van der Waals surface area contributed by atoms with Crippen LogP contribution in [0.5, 0.6) is 5.75 Å². The molecule has 1 aliphatic rings. The van der Waals surface area contributed by atoms with Gasteiger partial charge >= 0.3 is 6.03 Å². The number of amides is 2. The molecule has 1 fully saturated rings. The Kier molecular flexibility index (Phi) is 5.25. The maximum atomic E-state index is 12.0. The van der Waals surface area contributed by atoms with Gasteiger partial charge in [-0.1, -0.05) is 0 Å². The Hall–Kier alpha value is -1.80. The molecular weight excluding hydrogens is 306 g/mol. The molecule has 2 amide bonds. The van der Waals surface area contributed by atoms with Crippen LogP contribution < -0.4 is 15.4 Å². The Morgan fingerprint density at radius 2 is 2.00 bits per heavy atom. The molecule has 0 radical (unpaired) electrons. The van der Waals surface area contributed by atoms with Crippen molar-refractivity contribution in [2.24, 2.45) is 0 Å². The molecule has 2 N–H and O–H groups in total. The van der Waals surface area contributed by atoms with Crippen molar-refractivity contribution in [2.45, 2.75) is 18.9 Å². The van der Waals surface area contributed by atoms with Gasteiger partial charge in [-0.05, 0) is 37.1 Å². The normalized spacial score (nSPS) is 19.5. The van der Waals surface area contributed by atoms with Gasteiger partial charge in [0.2, 0.25) is 10.0 Å². The van der Waals surface area contributed by atoms with Gasteiger partial charge in [-0.25, -0.2) is 17.5 Å². The van der Waals surface area contributed by atoms with Crippen molar-refractivity contribution in [2.75, 3.05) is 31.8 Å². The Labute approximate surface area is 130 Å². The average molecular weight is 327 g/mol. The van der Waals surface area contributed by atoms with Gasteiger partial charge < -0.3 is 15.4 Å². The number of hydrogen-bond acceptors (Lipinski definition) is 4. The number of anilines is 1. The summed E-state index contributed by atoms with van der Waals surface area (Å²) in [6.07, 6.45) is 2.69. The number of benzene rings is 1. The van der Waals surface area contributed by atoms with E-state index in [2.05, 4.69) is 10.6 Å². The second kappa shape index (κ2) is 6.97. The predicted molar refractivity (Wildman–Crippen MR) is 84.6 cm³/mol. The lowest BCUT2D eigenvalue weighted by Crippen LogP contribution is -2.50. The summed E-state index contributed by atoms with van der Waals surface area (Å²) < 4.78 is 29.6. The average Bonchev–Trinajstić information content (AvgIpc) is 2.47. The third-order valence-corrected chi connectivity index (χ3v) is 4.81. The van der Waals surface area contributed by atoms with Gasteiger partial charge in [-0.2, -0.15) is 0 Å². The molecule has 1 aromatic rings. The van der Waals surface area contributed by atoms with Crippen molar-refractivity contribution in [1.82, 2.24) is 9.62 Å². The zero-order valence-electron chi connectivity index (χ0n) is 12.7. The van der Waals surface area contributed by atoms with Gasteiger partial charge in [-0.15, -0.1) is 0 Å². The number of urea groups is 1. The van der Waals surface area contributed by atoms with E-state index in [0.717, 1.165) is 12.8 Å². The van der Waals surface area contributed by atoms with Crippen LogP contribution >= 0.6 is 0 Å². The molecule has 2 rings (SSSR count). The topological polar surface area (TPSA) is 87.7 Å². The number of sulfonamides is 1. The number of carbonyl (C=O) groups is 1. The fourth-order valence-electron chi connectivity index (χ4n) is 2.39. The number of nitrogens with one attached hydrogen (secondary N) is 2. The van der Waals surface area contributed by atoms with Crippen molar-refractivity contribution in [3.63, 3.8) is 0 Å². The maximum Gasteiger partial charge on any atom is 0.319 e. The second-order valence-electron chi connectivity index (χ2n) is 5.29. The molecular formula is C14H21N3O4S. The number of hydrogen-bond donors (Lipinski definition) is 2. The minimum absolute atomic E-state index is 0.179. The van der Waals surface area contributed by atoms with Gasteiger partial charge in [0.05, 0.1) is 13.4 Å². The van der Waals surface area contributed by atoms with E-state index in [9.17, 15) is 13.2 Å². The summed E-state index contributed by atoms with van der Waals surface area (Å²) in [7, 11) is -1.64. The maximum absolute atomic E-state index is 12.0. The lowest BCUT2D eigenvalue weighted by molar-refractivity contribution is 0.236. The van der Waals surface area contributed by atoms with Crippen molar-refractivity contribution in [3.05, 3.63) is 24.3 Å². The smallest absolute Gasteiger partial charge is 0.319 e. The van der Waals surface area contributed by atoms with E-state index in [1.165, 1.54) is 10.6 Å². The van der Waals surface area contributed by atoms with Gasteiger partial charge in [0, 0.05) is 24.8 Å². The molecule has 122 valence electrons. The van der Waals surface area contributed by atoms with Gasteiger partial charge in [-0.3, -0.25) is 0 Å². The third kappa shape index (κ3) is 4.60. The number of ether oxygens (including phenoxy) is 1. The summed E-state index contributed by atoms with van der Waals surface area (Å²) >= 11 is 0. The van der Waals surface area contributed by atoms with E-state index in [-0.39, 0.29) is 12.1 Å². The first-order valence-electron chi connectivity index (χ1n) is 7.05. The number of carbonyl (C=O) groups excluding carboxylic acids is 1. The summed E-state index contributed by atoms with van der Waals surface area (Å²) in [5.74, 6) is 0.710. The van der Waals surface area contributed by atoms with E-state index in [1.54, 1.807) is 31.4 Å². The largest absolute Gasteiger partial charge is 0.497 e. The van der Waals surface area contributed by atoms with Crippen LogP contribution in [-0.2, 0) is 10.0 Å². The minimum Gasteiger partial charge on any atom is -0.497 e. The first kappa shape index (κ1) is 16.6. The van der Waals surface area contributed by atoms with Gasteiger partial charge in [0.15, 0.2) is 0 Å². The van der Waals surface area contributed by atoms with Crippen LogP contribution in [0, 0.1) is 0 Å². The number of nitrogens with zero attached hydrogens (tertiary/aromatic N) is 1. The minimum atomic E-state index is -3.21. The quantitative estimate of drug-likeness (QED) is 0.871. The molecule has 1 atom stereocenters. The SMILES string of the molecule is COc1ccc(NC(=O)N[C@@H]2CCCN(S(C)(=O)=O)C2)cc1. The van der Waals surface area contributed by atoms with Crippen LogP contribution in [0.4, 0.5) is 10.5 Å². The molecule has 0 spiro atoms. The lowest BCUT2D eigenvalue weighted by Gasteiger charge is -2.31. The first-order chi connectivity index (χ1) is 10.4. The first-order valence-corrected chi connectivity index (χ1v) is 8.90. The Morgan fingerprint density at radius 1 is 1.32 bits per heavy atom. The van der Waals surface area contributed by atoms with Gasteiger partial charge in [0.25, 0.3) is 0 Å². The fourth-order valence-corrected chi connectivity index (χ4v) is 3.30. The number of rotatable bonds is 4. The second-order valence-corrected chi connectivity index (χ2v) is 7.27. The molecule has 0 aliphatic carbocycles. The Morgan fingerprint density at radius 3 is 2.59 bits per heavy atom. The summed E-state index contributed by atoms with van der Waals surface area (Å²) in [6, 6.07) is 6.46. The van der Waals surface area contributed by atoms with Crippen LogP contribution in [0.1, 0.15) is 12.8 Å². The molecule has 0 saturated carbocycles. The lowest BCUT2D eigenvalue weighted by atomic mass is 10.1. The molecule has 0 unspecified atom stereocenters. The van der Waals surface area contributed by atoms with Crippen LogP contribution in [0.15, 0.2) is 24.3 Å². The highest BCUT2D eigenvalue weighted by Crippen LogP contribution is 2.16. The summed E-state index contributed by atoms with van der Waals surface area (Å²) in [6.45, 7) is 0.825.